The highest BCUT2D eigenvalue weighted by Gasteiger charge is 2.30. The molecule has 1 aromatic rings. The molecule has 0 spiro atoms. The average molecular weight is 219 g/mol. The third-order valence-corrected chi connectivity index (χ3v) is 3.27. The van der Waals surface area contributed by atoms with E-state index in [0.717, 1.165) is 24.8 Å². The molecule has 0 aromatic carbocycles. The number of pyridine rings is 1. The van der Waals surface area contributed by atoms with E-state index in [4.69, 9.17) is 11.5 Å². The van der Waals surface area contributed by atoms with Crippen molar-refractivity contribution in [3.63, 3.8) is 0 Å². The SMILES string of the molecule is Nc1ncccc1CC(=O)C1CCCC1N. The number of Topliss-reactive ketones (excluding diaryl/α,β-unsaturated/α-hetero) is 1. The summed E-state index contributed by atoms with van der Waals surface area (Å²) < 4.78 is 0. The average Bonchev–Trinajstić information content (AvgIpc) is 2.68. The molecule has 0 bridgehead atoms. The van der Waals surface area contributed by atoms with Crippen LogP contribution in [0.2, 0.25) is 0 Å². The van der Waals surface area contributed by atoms with Crippen LogP contribution in [0.4, 0.5) is 5.82 Å². The van der Waals surface area contributed by atoms with E-state index >= 15 is 0 Å². The molecule has 2 unspecified atom stereocenters. The molecule has 4 nitrogen and oxygen atoms in total. The molecule has 1 aliphatic carbocycles. The lowest BCUT2D eigenvalue weighted by Gasteiger charge is -2.14. The second-order valence-corrected chi connectivity index (χ2v) is 4.39. The van der Waals surface area contributed by atoms with Gasteiger partial charge in [0.2, 0.25) is 0 Å². The van der Waals surface area contributed by atoms with Crippen molar-refractivity contribution in [2.75, 3.05) is 5.73 Å². The second kappa shape index (κ2) is 4.61. The lowest BCUT2D eigenvalue weighted by molar-refractivity contribution is -0.122. The Morgan fingerprint density at radius 2 is 2.31 bits per heavy atom. The molecule has 0 amide bonds. The van der Waals surface area contributed by atoms with Gasteiger partial charge in [0, 0.05) is 30.1 Å². The molecule has 1 aliphatic rings. The fraction of sp³-hybridized carbons (Fsp3) is 0.500. The van der Waals surface area contributed by atoms with Crippen molar-refractivity contribution in [1.29, 1.82) is 0 Å². The maximum Gasteiger partial charge on any atom is 0.142 e. The fourth-order valence-corrected chi connectivity index (χ4v) is 2.31. The van der Waals surface area contributed by atoms with Gasteiger partial charge in [-0.1, -0.05) is 12.5 Å². The second-order valence-electron chi connectivity index (χ2n) is 4.39. The van der Waals surface area contributed by atoms with Gasteiger partial charge in [0.25, 0.3) is 0 Å². The van der Waals surface area contributed by atoms with Crippen LogP contribution in [0.25, 0.3) is 0 Å². The van der Waals surface area contributed by atoms with Gasteiger partial charge >= 0.3 is 0 Å². The number of carbonyl (C=O) groups excluding carboxylic acids is 1. The number of nitrogens with two attached hydrogens (primary N) is 2. The maximum absolute atomic E-state index is 12.0. The smallest absolute Gasteiger partial charge is 0.142 e. The van der Waals surface area contributed by atoms with Crippen molar-refractivity contribution in [2.24, 2.45) is 11.7 Å². The quantitative estimate of drug-likeness (QED) is 0.791. The first-order chi connectivity index (χ1) is 7.68. The lowest BCUT2D eigenvalue weighted by atomic mass is 9.94. The van der Waals surface area contributed by atoms with E-state index in [-0.39, 0.29) is 17.7 Å². The van der Waals surface area contributed by atoms with Crippen LogP contribution < -0.4 is 11.5 Å². The first-order valence-electron chi connectivity index (χ1n) is 5.66. The van der Waals surface area contributed by atoms with Crippen LogP contribution >= 0.6 is 0 Å². The molecule has 16 heavy (non-hydrogen) atoms. The normalized spacial score (nSPS) is 24.6. The molecule has 0 radical (unpaired) electrons. The number of hydrogen-bond acceptors (Lipinski definition) is 4. The minimum atomic E-state index is 0.0135. The summed E-state index contributed by atoms with van der Waals surface area (Å²) in [4.78, 5) is 16.0. The van der Waals surface area contributed by atoms with Crippen molar-refractivity contribution in [2.45, 2.75) is 31.7 Å². The maximum atomic E-state index is 12.0. The van der Waals surface area contributed by atoms with E-state index in [1.807, 2.05) is 6.07 Å². The summed E-state index contributed by atoms with van der Waals surface area (Å²) in [6, 6.07) is 3.68. The number of rotatable bonds is 3. The van der Waals surface area contributed by atoms with Gasteiger partial charge in [-0.15, -0.1) is 0 Å². The monoisotopic (exact) mass is 219 g/mol. The molecule has 4 heteroatoms. The van der Waals surface area contributed by atoms with E-state index in [0.29, 0.717) is 12.2 Å². The molecular weight excluding hydrogens is 202 g/mol. The fourth-order valence-electron chi connectivity index (χ4n) is 2.31. The third kappa shape index (κ3) is 2.22. The van der Waals surface area contributed by atoms with Gasteiger partial charge in [-0.2, -0.15) is 0 Å². The van der Waals surface area contributed by atoms with E-state index in [2.05, 4.69) is 4.98 Å². The Balaban J connectivity index is 2.05. The predicted molar refractivity (Wildman–Crippen MR) is 62.7 cm³/mol. The largest absolute Gasteiger partial charge is 0.383 e. The summed E-state index contributed by atoms with van der Waals surface area (Å²) in [6.45, 7) is 0. The molecule has 4 N–H and O–H groups in total. The van der Waals surface area contributed by atoms with Crippen LogP contribution in [0.15, 0.2) is 18.3 Å². The molecule has 0 saturated heterocycles. The Bertz CT molecular complexity index is 392. The van der Waals surface area contributed by atoms with Crippen molar-refractivity contribution in [3.05, 3.63) is 23.9 Å². The van der Waals surface area contributed by atoms with Gasteiger partial charge in [-0.3, -0.25) is 4.79 Å². The van der Waals surface area contributed by atoms with Crippen LogP contribution in [0.1, 0.15) is 24.8 Å². The number of anilines is 1. The number of carbonyl (C=O) groups is 1. The molecule has 1 saturated carbocycles. The van der Waals surface area contributed by atoms with Gasteiger partial charge in [-0.25, -0.2) is 4.98 Å². The van der Waals surface area contributed by atoms with Crippen molar-refractivity contribution in [3.8, 4) is 0 Å². The number of ketones is 1. The van der Waals surface area contributed by atoms with Crippen molar-refractivity contribution >= 4 is 11.6 Å². The third-order valence-electron chi connectivity index (χ3n) is 3.27. The minimum Gasteiger partial charge on any atom is -0.383 e. The lowest BCUT2D eigenvalue weighted by Crippen LogP contribution is -2.31. The summed E-state index contributed by atoms with van der Waals surface area (Å²) >= 11 is 0. The van der Waals surface area contributed by atoms with Crippen LogP contribution in [0.5, 0.6) is 0 Å². The van der Waals surface area contributed by atoms with Crippen LogP contribution in [-0.4, -0.2) is 16.8 Å². The van der Waals surface area contributed by atoms with Crippen LogP contribution in [-0.2, 0) is 11.2 Å². The molecule has 1 heterocycles. The highest BCUT2D eigenvalue weighted by Crippen LogP contribution is 2.26. The summed E-state index contributed by atoms with van der Waals surface area (Å²) in [6.07, 6.45) is 4.92. The standard InChI is InChI=1S/C12H17N3O/c13-10-5-1-4-9(10)11(16)7-8-3-2-6-15-12(8)14/h2-3,6,9-10H,1,4-5,7,13H2,(H2,14,15). The zero-order valence-electron chi connectivity index (χ0n) is 9.23. The Labute approximate surface area is 95.0 Å². The molecule has 2 atom stereocenters. The van der Waals surface area contributed by atoms with Crippen molar-refractivity contribution < 1.29 is 4.79 Å². The van der Waals surface area contributed by atoms with Gasteiger partial charge in [0.1, 0.15) is 11.6 Å². The number of nitrogen functional groups attached to an aromatic ring is 1. The number of nitrogens with zero attached hydrogens (tertiary/aromatic N) is 1. The zero-order valence-corrected chi connectivity index (χ0v) is 9.23. The first-order valence-corrected chi connectivity index (χ1v) is 5.66. The van der Waals surface area contributed by atoms with Gasteiger partial charge in [0.15, 0.2) is 0 Å². The first kappa shape index (κ1) is 11.1. The summed E-state index contributed by atoms with van der Waals surface area (Å²) in [5, 5.41) is 0. The topological polar surface area (TPSA) is 82.0 Å². The van der Waals surface area contributed by atoms with E-state index in [1.54, 1.807) is 12.3 Å². The summed E-state index contributed by atoms with van der Waals surface area (Å²) in [5.74, 6) is 0.659. The molecule has 1 aromatic heterocycles. The van der Waals surface area contributed by atoms with Crippen molar-refractivity contribution in [1.82, 2.24) is 4.98 Å². The van der Waals surface area contributed by atoms with Gasteiger partial charge < -0.3 is 11.5 Å². The van der Waals surface area contributed by atoms with Gasteiger partial charge in [0.05, 0.1) is 0 Å². The Morgan fingerprint density at radius 1 is 1.50 bits per heavy atom. The Kier molecular flexibility index (Phi) is 3.19. The van der Waals surface area contributed by atoms with Gasteiger partial charge in [-0.05, 0) is 18.9 Å². The number of aromatic nitrogens is 1. The minimum absolute atomic E-state index is 0.0135. The molecule has 0 aliphatic heterocycles. The highest BCUT2D eigenvalue weighted by molar-refractivity contribution is 5.85. The molecular formula is C12H17N3O. The summed E-state index contributed by atoms with van der Waals surface area (Å²) in [7, 11) is 0. The zero-order chi connectivity index (χ0) is 11.5. The van der Waals surface area contributed by atoms with Crippen LogP contribution in [0.3, 0.4) is 0 Å². The Hall–Kier alpha value is -1.42. The van der Waals surface area contributed by atoms with E-state index < -0.39 is 0 Å². The van der Waals surface area contributed by atoms with Crippen LogP contribution in [0, 0.1) is 5.92 Å². The highest BCUT2D eigenvalue weighted by atomic mass is 16.1. The van der Waals surface area contributed by atoms with E-state index in [1.165, 1.54) is 0 Å². The summed E-state index contributed by atoms with van der Waals surface area (Å²) in [5.41, 5.74) is 12.4. The number of hydrogen-bond donors (Lipinski definition) is 2. The molecule has 1 fully saturated rings. The Morgan fingerprint density at radius 3 is 2.94 bits per heavy atom. The molecule has 86 valence electrons. The predicted octanol–water partition coefficient (Wildman–Crippen LogP) is 0.903. The molecule has 2 rings (SSSR count). The van der Waals surface area contributed by atoms with E-state index in [9.17, 15) is 4.79 Å².